The van der Waals surface area contributed by atoms with Gasteiger partial charge in [0.15, 0.2) is 0 Å². The predicted octanol–water partition coefficient (Wildman–Crippen LogP) is 10.7. The summed E-state index contributed by atoms with van der Waals surface area (Å²) in [5.41, 5.74) is 17.9. The zero-order chi connectivity index (χ0) is 38.3. The van der Waals surface area contributed by atoms with E-state index in [0.29, 0.717) is 0 Å². The van der Waals surface area contributed by atoms with E-state index in [1.807, 2.05) is 54.9 Å². The molecule has 10 rings (SSSR count). The molecule has 0 atom stereocenters. The van der Waals surface area contributed by atoms with Crippen molar-refractivity contribution in [2.24, 2.45) is 0 Å². The Kier molecular flexibility index (Phi) is 10.5. The number of hydrogen-bond donors (Lipinski definition) is 0. The number of hydrogen-bond acceptors (Lipinski definition) is 4. The Balaban J connectivity index is 0.000000185. The number of ether oxygens (including phenoxy) is 2. The van der Waals surface area contributed by atoms with Crippen molar-refractivity contribution in [1.82, 2.24) is 9.97 Å². The van der Waals surface area contributed by atoms with Crippen molar-refractivity contribution < 1.29 is 29.6 Å². The van der Waals surface area contributed by atoms with Gasteiger partial charge in [0.25, 0.3) is 0 Å². The van der Waals surface area contributed by atoms with Crippen LogP contribution in [0.4, 0.5) is 0 Å². The van der Waals surface area contributed by atoms with Gasteiger partial charge in [0.05, 0.1) is 0 Å². The first-order chi connectivity index (χ1) is 27.3. The standard InChI is InChI=1S/C32H23BNO2.C19H16N.Ir/c1-19-12-13-22(20(2)16-19)24-17-27(34-18-21(24)3)23-14-15-30-31-32(23)36-29-11-7-5-9-26(29)33(31)25-8-4-6-10-28(25)35-30;1-14-8-10-17(11-9-14)19-12-18(15(2)13-20-19)16-6-4-3-5-7-16;/h4-13,15-18H,1-3H3;3-10,12-13H,1-2H3;/q2*-1;. The molecule has 4 nitrogen and oxygen atoms in total. The van der Waals surface area contributed by atoms with Gasteiger partial charge in [0.2, 0.25) is 6.71 Å². The molecule has 0 spiro atoms. The van der Waals surface area contributed by atoms with Crippen molar-refractivity contribution in [3.05, 3.63) is 186 Å². The van der Waals surface area contributed by atoms with Crippen LogP contribution in [0.2, 0.25) is 0 Å². The van der Waals surface area contributed by atoms with Gasteiger partial charge in [-0.2, -0.15) is 0 Å². The third kappa shape index (κ3) is 7.23. The molecule has 2 aromatic heterocycles. The molecule has 0 unspecified atom stereocenters. The Morgan fingerprint density at radius 2 is 1.14 bits per heavy atom. The number of pyridine rings is 2. The minimum Gasteiger partial charge on any atom is -0.503 e. The van der Waals surface area contributed by atoms with Crippen LogP contribution in [0.1, 0.15) is 27.8 Å². The maximum atomic E-state index is 6.59. The average Bonchev–Trinajstić information content (AvgIpc) is 3.22. The van der Waals surface area contributed by atoms with E-state index in [2.05, 4.69) is 143 Å². The van der Waals surface area contributed by atoms with Crippen molar-refractivity contribution in [2.75, 3.05) is 0 Å². The minimum absolute atomic E-state index is 0. The molecule has 1 radical (unpaired) electrons. The van der Waals surface area contributed by atoms with Crippen LogP contribution < -0.4 is 25.9 Å². The molecule has 4 heterocycles. The topological polar surface area (TPSA) is 44.2 Å². The first kappa shape index (κ1) is 37.8. The fourth-order valence-corrected chi connectivity index (χ4v) is 7.84. The van der Waals surface area contributed by atoms with E-state index in [1.165, 1.54) is 44.5 Å². The Labute approximate surface area is 349 Å². The summed E-state index contributed by atoms with van der Waals surface area (Å²) in [6.07, 6.45) is 3.88. The van der Waals surface area contributed by atoms with Crippen molar-refractivity contribution >= 4 is 23.1 Å². The normalized spacial score (nSPS) is 11.7. The van der Waals surface area contributed by atoms with Crippen LogP contribution in [0.5, 0.6) is 23.0 Å². The fraction of sp³-hybridized carbons (Fsp3) is 0.0980. The average molecular weight is 915 g/mol. The van der Waals surface area contributed by atoms with Crippen molar-refractivity contribution in [2.45, 2.75) is 34.6 Å². The summed E-state index contributed by atoms with van der Waals surface area (Å²) in [5.74, 6) is 3.30. The Morgan fingerprint density at radius 1 is 0.509 bits per heavy atom. The summed E-state index contributed by atoms with van der Waals surface area (Å²) in [4.78, 5) is 9.37. The molecule has 2 aliphatic rings. The third-order valence-electron chi connectivity index (χ3n) is 10.7. The van der Waals surface area contributed by atoms with Gasteiger partial charge in [-0.05, 0) is 101 Å². The number of aromatic nitrogens is 2. The van der Waals surface area contributed by atoms with Crippen LogP contribution in [-0.2, 0) is 20.1 Å². The molecule has 279 valence electrons. The second-order valence-corrected chi connectivity index (χ2v) is 14.7. The summed E-state index contributed by atoms with van der Waals surface area (Å²) in [5, 5.41) is 0. The number of benzene rings is 6. The van der Waals surface area contributed by atoms with Crippen LogP contribution in [0.3, 0.4) is 0 Å². The molecule has 0 saturated carbocycles. The van der Waals surface area contributed by atoms with Crippen LogP contribution in [0.25, 0.3) is 44.8 Å². The van der Waals surface area contributed by atoms with Crippen molar-refractivity contribution in [3.8, 4) is 67.8 Å². The number of para-hydroxylation sites is 2. The van der Waals surface area contributed by atoms with E-state index in [1.54, 1.807) is 0 Å². The SMILES string of the molecule is Cc1c[c-]c(-c2cc(-c3ccccc3)c(C)cn2)cc1.Cc1ccc(-c2cc(-c3[c-]cc4c5c3Oc3ccccc3B5c3ccccc3O4)ncc2C)c(C)c1.[Ir]. The maximum absolute atomic E-state index is 6.59. The Morgan fingerprint density at radius 3 is 1.84 bits per heavy atom. The minimum atomic E-state index is 0. The van der Waals surface area contributed by atoms with Gasteiger partial charge in [-0.15, -0.1) is 47.5 Å². The summed E-state index contributed by atoms with van der Waals surface area (Å²) in [6, 6.07) is 52.7. The van der Waals surface area contributed by atoms with Crippen LogP contribution >= 0.6 is 0 Å². The zero-order valence-corrected chi connectivity index (χ0v) is 34.9. The molecule has 0 aliphatic carbocycles. The number of fused-ring (bicyclic) bond motifs is 4. The van der Waals surface area contributed by atoms with Gasteiger partial charge in [-0.25, -0.2) is 0 Å². The molecule has 0 amide bonds. The van der Waals surface area contributed by atoms with E-state index in [9.17, 15) is 0 Å². The van der Waals surface area contributed by atoms with E-state index >= 15 is 0 Å². The Hall–Kier alpha value is -6.07. The second kappa shape index (κ2) is 15.8. The number of aryl methyl sites for hydroxylation is 5. The van der Waals surface area contributed by atoms with E-state index in [4.69, 9.17) is 14.5 Å². The van der Waals surface area contributed by atoms with Gasteiger partial charge in [0, 0.05) is 44.0 Å². The summed E-state index contributed by atoms with van der Waals surface area (Å²) in [7, 11) is 0. The van der Waals surface area contributed by atoms with Crippen LogP contribution in [0, 0.1) is 46.8 Å². The fourth-order valence-electron chi connectivity index (χ4n) is 7.84. The van der Waals surface area contributed by atoms with E-state index in [-0.39, 0.29) is 26.8 Å². The number of nitrogens with zero attached hydrogens (tertiary/aromatic N) is 2. The molecule has 0 bridgehead atoms. The molecule has 0 N–H and O–H groups in total. The molecule has 6 aromatic carbocycles. The van der Waals surface area contributed by atoms with Crippen molar-refractivity contribution in [3.63, 3.8) is 0 Å². The predicted molar refractivity (Wildman–Crippen MR) is 229 cm³/mol. The summed E-state index contributed by atoms with van der Waals surface area (Å²) in [6.45, 7) is 10.6. The Bertz CT molecular complexity index is 2760. The van der Waals surface area contributed by atoms with Gasteiger partial charge in [-0.1, -0.05) is 121 Å². The first-order valence-electron chi connectivity index (χ1n) is 19.0. The molecular weight excluding hydrogens is 876 g/mol. The molecule has 0 saturated heterocycles. The molecule has 2 aliphatic heterocycles. The van der Waals surface area contributed by atoms with Crippen LogP contribution in [-0.4, -0.2) is 16.7 Å². The molecule has 8 aromatic rings. The zero-order valence-electron chi connectivity index (χ0n) is 32.5. The van der Waals surface area contributed by atoms with Gasteiger partial charge in [-0.3, -0.25) is 0 Å². The van der Waals surface area contributed by atoms with Gasteiger partial charge in [0.1, 0.15) is 11.5 Å². The smallest absolute Gasteiger partial charge is 0.239 e. The summed E-state index contributed by atoms with van der Waals surface area (Å²) < 4.78 is 12.9. The first-order valence-corrected chi connectivity index (χ1v) is 19.0. The second-order valence-electron chi connectivity index (χ2n) is 14.7. The molecular formula is C51H39BIrN2O2-2. The van der Waals surface area contributed by atoms with Crippen LogP contribution in [0.15, 0.2) is 146 Å². The monoisotopic (exact) mass is 915 g/mol. The molecule has 6 heteroatoms. The maximum Gasteiger partial charge on any atom is 0.239 e. The van der Waals surface area contributed by atoms with E-state index < -0.39 is 0 Å². The van der Waals surface area contributed by atoms with Crippen molar-refractivity contribution in [1.29, 1.82) is 0 Å². The third-order valence-corrected chi connectivity index (χ3v) is 10.7. The number of rotatable bonds is 4. The largest absolute Gasteiger partial charge is 0.503 e. The quantitative estimate of drug-likeness (QED) is 0.130. The van der Waals surface area contributed by atoms with E-state index in [0.717, 1.165) is 67.5 Å². The van der Waals surface area contributed by atoms with Gasteiger partial charge >= 0.3 is 0 Å². The molecule has 0 fully saturated rings. The van der Waals surface area contributed by atoms with Gasteiger partial charge < -0.3 is 19.4 Å². The summed E-state index contributed by atoms with van der Waals surface area (Å²) >= 11 is 0. The molecule has 57 heavy (non-hydrogen) atoms.